The van der Waals surface area contributed by atoms with Gasteiger partial charge in [0.2, 0.25) is 5.91 Å². The minimum Gasteiger partial charge on any atom is -0.481 e. The number of carbonyl (C=O) groups is 2. The zero-order valence-corrected chi connectivity index (χ0v) is 15.6. The topological polar surface area (TPSA) is 81.4 Å². The van der Waals surface area contributed by atoms with E-state index in [1.807, 2.05) is 6.92 Å². The molecule has 0 heterocycles. The zero-order chi connectivity index (χ0) is 18.4. The first-order chi connectivity index (χ1) is 11.9. The summed E-state index contributed by atoms with van der Waals surface area (Å²) in [5.41, 5.74) is 6.24. The van der Waals surface area contributed by atoms with Crippen LogP contribution < -0.4 is 15.8 Å². The van der Waals surface area contributed by atoms with Crippen molar-refractivity contribution in [3.63, 3.8) is 0 Å². The van der Waals surface area contributed by atoms with E-state index in [0.29, 0.717) is 16.7 Å². The van der Waals surface area contributed by atoms with Gasteiger partial charge in [-0.05, 0) is 56.4 Å². The molecule has 1 saturated carbocycles. The molecular weight excluding hydrogens is 340 g/mol. The maximum atomic E-state index is 12.5. The zero-order valence-electron chi connectivity index (χ0n) is 14.9. The van der Waals surface area contributed by atoms with Crippen molar-refractivity contribution >= 4 is 23.4 Å². The number of amides is 2. The molecule has 3 N–H and O–H groups in total. The number of nitrogens with one attached hydrogen (secondary N) is 1. The van der Waals surface area contributed by atoms with E-state index in [4.69, 9.17) is 22.1 Å². The van der Waals surface area contributed by atoms with Gasteiger partial charge in [0.05, 0.1) is 0 Å². The van der Waals surface area contributed by atoms with Crippen LogP contribution >= 0.6 is 11.6 Å². The maximum Gasteiger partial charge on any atom is 0.261 e. The minimum absolute atomic E-state index is 0.170. The Kier molecular flexibility index (Phi) is 7.12. The summed E-state index contributed by atoms with van der Waals surface area (Å²) in [6.45, 7) is 3.58. The third-order valence-corrected chi connectivity index (χ3v) is 5.01. The number of rotatable bonds is 7. The standard InChI is InChI=1S/C19H27ClN2O3/c1-12-10-15(20)8-9-17(12)25-13(2)19(24)22-16(11-18(21)23)14-6-4-3-5-7-14/h8-10,13-14,16H,3-7,11H2,1-2H3,(H2,21,23)(H,22,24). The molecule has 0 spiro atoms. The second kappa shape index (κ2) is 9.09. The van der Waals surface area contributed by atoms with Crippen molar-refractivity contribution in [1.29, 1.82) is 0 Å². The molecule has 2 unspecified atom stereocenters. The van der Waals surface area contributed by atoms with E-state index in [1.54, 1.807) is 25.1 Å². The van der Waals surface area contributed by atoms with E-state index in [2.05, 4.69) is 5.32 Å². The van der Waals surface area contributed by atoms with Crippen molar-refractivity contribution in [3.8, 4) is 5.75 Å². The molecule has 2 amide bonds. The van der Waals surface area contributed by atoms with E-state index in [9.17, 15) is 9.59 Å². The van der Waals surface area contributed by atoms with Crippen LogP contribution in [0.2, 0.25) is 5.02 Å². The second-order valence-corrected chi connectivity index (χ2v) is 7.29. The van der Waals surface area contributed by atoms with Crippen LogP contribution in [-0.4, -0.2) is 24.0 Å². The van der Waals surface area contributed by atoms with Crippen molar-refractivity contribution in [2.24, 2.45) is 11.7 Å². The van der Waals surface area contributed by atoms with Crippen molar-refractivity contribution in [2.45, 2.75) is 64.5 Å². The summed E-state index contributed by atoms with van der Waals surface area (Å²) < 4.78 is 5.77. The Bertz CT molecular complexity index is 615. The highest BCUT2D eigenvalue weighted by molar-refractivity contribution is 6.30. The first-order valence-electron chi connectivity index (χ1n) is 8.88. The normalized spacial score (nSPS) is 17.6. The molecule has 0 radical (unpaired) electrons. The van der Waals surface area contributed by atoms with Gasteiger partial charge in [0.1, 0.15) is 5.75 Å². The molecule has 2 rings (SSSR count). The molecule has 1 aliphatic carbocycles. The van der Waals surface area contributed by atoms with Gasteiger partial charge in [-0.25, -0.2) is 0 Å². The van der Waals surface area contributed by atoms with Gasteiger partial charge >= 0.3 is 0 Å². The molecule has 138 valence electrons. The number of halogens is 1. The first-order valence-corrected chi connectivity index (χ1v) is 9.26. The van der Waals surface area contributed by atoms with Crippen LogP contribution in [0.25, 0.3) is 0 Å². The van der Waals surface area contributed by atoms with E-state index >= 15 is 0 Å². The average Bonchev–Trinajstić information content (AvgIpc) is 2.57. The molecule has 25 heavy (non-hydrogen) atoms. The third kappa shape index (κ3) is 5.92. The van der Waals surface area contributed by atoms with Gasteiger partial charge in [-0.15, -0.1) is 0 Å². The van der Waals surface area contributed by atoms with Gasteiger partial charge < -0.3 is 15.8 Å². The van der Waals surface area contributed by atoms with Gasteiger partial charge in [0.25, 0.3) is 5.91 Å². The summed E-state index contributed by atoms with van der Waals surface area (Å²) in [7, 11) is 0. The molecule has 1 aromatic rings. The van der Waals surface area contributed by atoms with Crippen molar-refractivity contribution in [3.05, 3.63) is 28.8 Å². The molecule has 1 aliphatic rings. The summed E-state index contributed by atoms with van der Waals surface area (Å²) in [6, 6.07) is 5.05. The summed E-state index contributed by atoms with van der Waals surface area (Å²) in [5.74, 6) is 0.301. The lowest BCUT2D eigenvalue weighted by atomic mass is 9.82. The van der Waals surface area contributed by atoms with Crippen LogP contribution in [0.15, 0.2) is 18.2 Å². The van der Waals surface area contributed by atoms with Crippen LogP contribution in [0.4, 0.5) is 0 Å². The highest BCUT2D eigenvalue weighted by Crippen LogP contribution is 2.28. The highest BCUT2D eigenvalue weighted by Gasteiger charge is 2.28. The van der Waals surface area contributed by atoms with Gasteiger partial charge in [-0.1, -0.05) is 30.9 Å². The van der Waals surface area contributed by atoms with Crippen molar-refractivity contribution in [1.82, 2.24) is 5.32 Å². The minimum atomic E-state index is -0.668. The van der Waals surface area contributed by atoms with E-state index in [-0.39, 0.29) is 18.4 Å². The number of nitrogens with two attached hydrogens (primary N) is 1. The number of hydrogen-bond acceptors (Lipinski definition) is 3. The lowest BCUT2D eigenvalue weighted by Gasteiger charge is -2.31. The van der Waals surface area contributed by atoms with Crippen LogP contribution in [0.3, 0.4) is 0 Å². The third-order valence-electron chi connectivity index (χ3n) is 4.78. The van der Waals surface area contributed by atoms with Gasteiger partial charge in [0, 0.05) is 17.5 Å². The number of carbonyl (C=O) groups excluding carboxylic acids is 2. The molecule has 6 heteroatoms. The van der Waals surface area contributed by atoms with Crippen LogP contribution in [0, 0.1) is 12.8 Å². The fourth-order valence-electron chi connectivity index (χ4n) is 3.38. The number of aryl methyl sites for hydroxylation is 1. The largest absolute Gasteiger partial charge is 0.481 e. The monoisotopic (exact) mass is 366 g/mol. The fraction of sp³-hybridized carbons (Fsp3) is 0.579. The van der Waals surface area contributed by atoms with E-state index in [1.165, 1.54) is 6.42 Å². The summed E-state index contributed by atoms with van der Waals surface area (Å²) >= 11 is 5.94. The van der Waals surface area contributed by atoms with Gasteiger partial charge in [-0.2, -0.15) is 0 Å². The van der Waals surface area contributed by atoms with Gasteiger partial charge in [0.15, 0.2) is 6.10 Å². The highest BCUT2D eigenvalue weighted by atomic mass is 35.5. The second-order valence-electron chi connectivity index (χ2n) is 6.85. The SMILES string of the molecule is Cc1cc(Cl)ccc1OC(C)C(=O)NC(CC(N)=O)C1CCCCC1. The smallest absolute Gasteiger partial charge is 0.261 e. The molecule has 0 saturated heterocycles. The average molecular weight is 367 g/mol. The van der Waals surface area contributed by atoms with E-state index in [0.717, 1.165) is 31.2 Å². The molecule has 5 nitrogen and oxygen atoms in total. The molecule has 2 atom stereocenters. The Morgan fingerprint density at radius 3 is 2.60 bits per heavy atom. The number of ether oxygens (including phenoxy) is 1. The molecule has 0 aromatic heterocycles. The number of primary amides is 1. The Morgan fingerprint density at radius 1 is 1.32 bits per heavy atom. The van der Waals surface area contributed by atoms with Crippen molar-refractivity contribution < 1.29 is 14.3 Å². The van der Waals surface area contributed by atoms with Crippen LogP contribution in [0.5, 0.6) is 5.75 Å². The Balaban J connectivity index is 1.99. The van der Waals surface area contributed by atoms with Crippen LogP contribution in [-0.2, 0) is 9.59 Å². The predicted molar refractivity (Wildman–Crippen MR) is 98.6 cm³/mol. The fourth-order valence-corrected chi connectivity index (χ4v) is 3.60. The molecule has 1 aromatic carbocycles. The van der Waals surface area contributed by atoms with Crippen LogP contribution in [0.1, 0.15) is 51.0 Å². The maximum absolute atomic E-state index is 12.5. The summed E-state index contributed by atoms with van der Waals surface area (Å²) in [5, 5.41) is 3.60. The molecule has 0 bridgehead atoms. The quantitative estimate of drug-likeness (QED) is 0.776. The summed E-state index contributed by atoms with van der Waals surface area (Å²) in [4.78, 5) is 23.9. The van der Waals surface area contributed by atoms with Gasteiger partial charge in [-0.3, -0.25) is 9.59 Å². The Labute approximate surface area is 154 Å². The molecular formula is C19H27ClN2O3. The molecule has 1 fully saturated rings. The lowest BCUT2D eigenvalue weighted by molar-refractivity contribution is -0.129. The predicted octanol–water partition coefficient (Wildman–Crippen LogP) is 3.36. The summed E-state index contributed by atoms with van der Waals surface area (Å²) in [6.07, 6.45) is 5.01. The lowest BCUT2D eigenvalue weighted by Crippen LogP contribution is -2.48. The number of hydrogen-bond donors (Lipinski definition) is 2. The first kappa shape index (κ1) is 19.6. The van der Waals surface area contributed by atoms with Crippen molar-refractivity contribution in [2.75, 3.05) is 0 Å². The Hall–Kier alpha value is -1.75. The molecule has 0 aliphatic heterocycles. The van der Waals surface area contributed by atoms with E-state index < -0.39 is 12.0 Å². The Morgan fingerprint density at radius 2 is 2.00 bits per heavy atom. The number of benzene rings is 1.